The Balaban J connectivity index is 1.58. The van der Waals surface area contributed by atoms with Gasteiger partial charge in [-0.1, -0.05) is 12.6 Å². The molecular weight excluding hydrogens is 454 g/mol. The van der Waals surface area contributed by atoms with Crippen molar-refractivity contribution >= 4 is 17.5 Å². The maximum absolute atomic E-state index is 14.4. The number of nitrogens with two attached hydrogens (primary N) is 1. The smallest absolute Gasteiger partial charge is 0.210 e. The van der Waals surface area contributed by atoms with Crippen LogP contribution in [0.1, 0.15) is 46.0 Å². The molecule has 1 aromatic carbocycles. The molecule has 0 radical (unpaired) electrons. The first-order chi connectivity index (χ1) is 16.7. The first kappa shape index (κ1) is 25.1. The van der Waals surface area contributed by atoms with Gasteiger partial charge in [0, 0.05) is 31.5 Å². The van der Waals surface area contributed by atoms with Crippen molar-refractivity contribution in [2.45, 2.75) is 63.6 Å². The molecule has 1 saturated heterocycles. The fourth-order valence-electron chi connectivity index (χ4n) is 4.92. The maximum atomic E-state index is 14.4. The van der Waals surface area contributed by atoms with Gasteiger partial charge in [0.1, 0.15) is 28.8 Å². The molecule has 2 fully saturated rings. The summed E-state index contributed by atoms with van der Waals surface area (Å²) in [4.78, 5) is 11.1. The van der Waals surface area contributed by atoms with Gasteiger partial charge in [0.15, 0.2) is 5.84 Å². The molecule has 1 aliphatic carbocycles. The number of aliphatic hydroxyl groups is 1. The van der Waals surface area contributed by atoms with E-state index in [2.05, 4.69) is 22.2 Å². The van der Waals surface area contributed by atoms with Gasteiger partial charge in [-0.3, -0.25) is 4.90 Å². The van der Waals surface area contributed by atoms with E-state index in [0.717, 1.165) is 19.3 Å². The average Bonchev–Trinajstić information content (AvgIpc) is 3.41. The molecule has 0 bridgehead atoms. The Morgan fingerprint density at radius 1 is 1.26 bits per heavy atom. The number of anilines is 1. The molecule has 10 heteroatoms. The van der Waals surface area contributed by atoms with Crippen LogP contribution in [0, 0.1) is 17.6 Å². The van der Waals surface area contributed by atoms with Crippen LogP contribution in [0.25, 0.3) is 0 Å². The molecule has 1 unspecified atom stereocenters. The van der Waals surface area contributed by atoms with Crippen LogP contribution in [0.4, 0.5) is 14.5 Å². The highest BCUT2D eigenvalue weighted by molar-refractivity contribution is 6.18. The van der Waals surface area contributed by atoms with E-state index in [9.17, 15) is 13.9 Å². The van der Waals surface area contributed by atoms with Gasteiger partial charge >= 0.3 is 0 Å². The van der Waals surface area contributed by atoms with Gasteiger partial charge in [0.05, 0.1) is 5.60 Å². The summed E-state index contributed by atoms with van der Waals surface area (Å²) in [6.07, 6.45) is 5.33. The van der Waals surface area contributed by atoms with Gasteiger partial charge in [-0.15, -0.1) is 0 Å². The minimum atomic E-state index is -0.735. The Kier molecular flexibility index (Phi) is 7.42. The Bertz CT molecular complexity index is 1020. The summed E-state index contributed by atoms with van der Waals surface area (Å²) in [5, 5.41) is 16.5. The zero-order valence-corrected chi connectivity index (χ0v) is 20.2. The first-order valence-corrected chi connectivity index (χ1v) is 12.0. The molecule has 1 aromatic rings. The van der Waals surface area contributed by atoms with E-state index >= 15 is 0 Å². The van der Waals surface area contributed by atoms with Gasteiger partial charge in [0.2, 0.25) is 5.96 Å². The Labute approximate surface area is 204 Å². The standard InChI is InChI=1S/C25H34F2N6O2/c1-15(29-17-8-7-16(13-17)25(2,3)34)30-23-21(14-28)31-24(33(23)18-9-11-35-12-10-18)32-22-19(26)5-4-6-20(22)27/h4-6,14,16-18,29,34H,1,7-13,28H2,2-3H3,(H,31,32)/b21-14+,30-23+/t16?,17-/m0/s1. The van der Waals surface area contributed by atoms with E-state index in [1.54, 1.807) is 0 Å². The van der Waals surface area contributed by atoms with Gasteiger partial charge in [-0.05, 0) is 64.0 Å². The van der Waals surface area contributed by atoms with Crippen LogP contribution >= 0.6 is 0 Å². The van der Waals surface area contributed by atoms with Crippen molar-refractivity contribution in [3.63, 3.8) is 0 Å². The molecule has 2 atom stereocenters. The molecule has 4 rings (SSSR count). The molecule has 8 nitrogen and oxygen atoms in total. The molecule has 2 heterocycles. The Morgan fingerprint density at radius 2 is 1.94 bits per heavy atom. The summed E-state index contributed by atoms with van der Waals surface area (Å²) in [5.74, 6) is -0.125. The van der Waals surface area contributed by atoms with E-state index in [1.807, 2.05) is 18.7 Å². The number of nitrogens with one attached hydrogen (secondary N) is 2. The molecule has 0 aromatic heterocycles. The van der Waals surface area contributed by atoms with Gasteiger partial charge in [-0.2, -0.15) is 0 Å². The summed E-state index contributed by atoms with van der Waals surface area (Å²) in [7, 11) is 0. The van der Waals surface area contributed by atoms with Crippen LogP contribution in [0.5, 0.6) is 0 Å². The fourth-order valence-corrected chi connectivity index (χ4v) is 4.92. The van der Waals surface area contributed by atoms with Crippen molar-refractivity contribution in [2.24, 2.45) is 21.6 Å². The minimum absolute atomic E-state index is 0.0557. The number of para-hydroxylation sites is 1. The Hall–Kier alpha value is -2.98. The Morgan fingerprint density at radius 3 is 2.54 bits per heavy atom. The lowest BCUT2D eigenvalue weighted by molar-refractivity contribution is 0.0191. The van der Waals surface area contributed by atoms with E-state index in [1.165, 1.54) is 24.4 Å². The lowest BCUT2D eigenvalue weighted by atomic mass is 9.89. The van der Waals surface area contributed by atoms with Gasteiger partial charge in [0.25, 0.3) is 0 Å². The number of rotatable bonds is 6. The van der Waals surface area contributed by atoms with Crippen LogP contribution in [0.3, 0.4) is 0 Å². The third kappa shape index (κ3) is 5.65. The second kappa shape index (κ2) is 10.3. The van der Waals surface area contributed by atoms with Crippen molar-refractivity contribution in [3.8, 4) is 0 Å². The minimum Gasteiger partial charge on any atom is -0.403 e. The highest BCUT2D eigenvalue weighted by Crippen LogP contribution is 2.34. The number of nitrogens with zero attached hydrogens (tertiary/aromatic N) is 3. The monoisotopic (exact) mass is 488 g/mol. The van der Waals surface area contributed by atoms with Crippen LogP contribution in [-0.2, 0) is 4.74 Å². The molecule has 0 amide bonds. The molecule has 3 aliphatic rings. The summed E-state index contributed by atoms with van der Waals surface area (Å²) in [6.45, 7) is 8.86. The third-order valence-electron chi connectivity index (χ3n) is 6.87. The molecule has 0 spiro atoms. The molecule has 35 heavy (non-hydrogen) atoms. The highest BCUT2D eigenvalue weighted by Gasteiger charge is 2.37. The van der Waals surface area contributed by atoms with Crippen LogP contribution < -0.4 is 16.4 Å². The predicted octanol–water partition coefficient (Wildman–Crippen LogP) is 3.43. The van der Waals surface area contributed by atoms with Crippen molar-refractivity contribution in [1.29, 1.82) is 0 Å². The van der Waals surface area contributed by atoms with E-state index < -0.39 is 17.2 Å². The first-order valence-electron chi connectivity index (χ1n) is 12.0. The molecule has 1 saturated carbocycles. The van der Waals surface area contributed by atoms with Crippen molar-refractivity contribution in [2.75, 3.05) is 18.5 Å². The summed E-state index contributed by atoms with van der Waals surface area (Å²) >= 11 is 0. The van der Waals surface area contributed by atoms with E-state index in [4.69, 9.17) is 15.5 Å². The average molecular weight is 489 g/mol. The number of amidine groups is 1. The second-order valence-corrected chi connectivity index (χ2v) is 9.81. The lowest BCUT2D eigenvalue weighted by Gasteiger charge is -2.33. The van der Waals surface area contributed by atoms with Crippen LogP contribution in [0.15, 0.2) is 52.5 Å². The number of aliphatic imine (C=N–C) groups is 2. The topological polar surface area (TPSA) is 108 Å². The van der Waals surface area contributed by atoms with Crippen molar-refractivity contribution < 1.29 is 18.6 Å². The van der Waals surface area contributed by atoms with E-state index in [-0.39, 0.29) is 29.6 Å². The number of hydrogen-bond donors (Lipinski definition) is 4. The van der Waals surface area contributed by atoms with E-state index in [0.29, 0.717) is 43.4 Å². The number of guanidine groups is 1. The molecule has 2 aliphatic heterocycles. The second-order valence-electron chi connectivity index (χ2n) is 9.81. The molecular formula is C25H34F2N6O2. The van der Waals surface area contributed by atoms with Gasteiger partial charge < -0.3 is 26.2 Å². The summed E-state index contributed by atoms with van der Waals surface area (Å²) in [5.41, 5.74) is 5.23. The summed E-state index contributed by atoms with van der Waals surface area (Å²) in [6, 6.07) is 3.75. The van der Waals surface area contributed by atoms with Crippen molar-refractivity contribution in [3.05, 3.63) is 54.1 Å². The molecule has 190 valence electrons. The van der Waals surface area contributed by atoms with Crippen LogP contribution in [-0.4, -0.2) is 52.7 Å². The normalized spacial score (nSPS) is 25.9. The zero-order chi connectivity index (χ0) is 25.2. The lowest BCUT2D eigenvalue weighted by Crippen LogP contribution is -2.47. The largest absolute Gasteiger partial charge is 0.403 e. The quantitative estimate of drug-likeness (QED) is 0.489. The highest BCUT2D eigenvalue weighted by atomic mass is 19.1. The number of halogens is 2. The maximum Gasteiger partial charge on any atom is 0.210 e. The number of hydrogen-bond acceptors (Lipinski definition) is 7. The zero-order valence-electron chi connectivity index (χ0n) is 20.2. The number of benzene rings is 1. The predicted molar refractivity (Wildman–Crippen MR) is 133 cm³/mol. The number of ether oxygens (including phenoxy) is 1. The third-order valence-corrected chi connectivity index (χ3v) is 6.87. The SMILES string of the molecule is C=C(/N=C1\C(=C/N)N=C(Nc2c(F)cccc2F)N1C1CCOCC1)N[C@H]1CCC(C(C)(C)O)C1. The molecule has 5 N–H and O–H groups in total. The fraction of sp³-hybridized carbons (Fsp3) is 0.520. The van der Waals surface area contributed by atoms with Crippen LogP contribution in [0.2, 0.25) is 0 Å². The van der Waals surface area contributed by atoms with Crippen molar-refractivity contribution in [1.82, 2.24) is 10.2 Å². The summed E-state index contributed by atoms with van der Waals surface area (Å²) < 4.78 is 34.3. The van der Waals surface area contributed by atoms with Gasteiger partial charge in [-0.25, -0.2) is 18.8 Å².